The molecule has 2 aromatic carbocycles. The molecule has 2 heterocycles. The van der Waals surface area contributed by atoms with Crippen molar-refractivity contribution in [1.29, 1.82) is 0 Å². The van der Waals surface area contributed by atoms with Gasteiger partial charge in [0.15, 0.2) is 0 Å². The predicted molar refractivity (Wildman–Crippen MR) is 143 cm³/mol. The normalized spacial score (nSPS) is 16.7. The quantitative estimate of drug-likeness (QED) is 0.303. The Morgan fingerprint density at radius 2 is 1.79 bits per heavy atom. The Morgan fingerprint density at radius 3 is 2.39 bits per heavy atom. The molecule has 0 N–H and O–H groups in total. The first-order valence-electron chi connectivity index (χ1n) is 12.2. The van der Waals surface area contributed by atoms with Crippen LogP contribution < -0.4 is 15.2 Å². The SMILES string of the molecule is O=c1c(OC2CCC2)c(N2CCN(S(=O)(=O)Cc3ccc([N+](=O)[O-])cc3)CC2)cnn1-c1cccc(Cl)c1. The molecule has 0 amide bonds. The molecule has 2 fully saturated rings. The van der Waals surface area contributed by atoms with Crippen molar-refractivity contribution in [2.45, 2.75) is 31.1 Å². The topological polar surface area (TPSA) is 128 Å². The molecule has 1 aromatic heterocycles. The van der Waals surface area contributed by atoms with Gasteiger partial charge >= 0.3 is 5.56 Å². The molecule has 0 unspecified atom stereocenters. The lowest BCUT2D eigenvalue weighted by Gasteiger charge is -2.36. The second-order valence-corrected chi connectivity index (χ2v) is 11.7. The number of halogens is 1. The summed E-state index contributed by atoms with van der Waals surface area (Å²) in [7, 11) is -3.64. The van der Waals surface area contributed by atoms with Crippen molar-refractivity contribution >= 4 is 33.0 Å². The third-order valence-electron chi connectivity index (χ3n) is 6.77. The third-order valence-corrected chi connectivity index (χ3v) is 8.86. The average Bonchev–Trinajstić information content (AvgIpc) is 2.87. The first kappa shape index (κ1) is 26.1. The highest BCUT2D eigenvalue weighted by atomic mass is 35.5. The fraction of sp³-hybridized carbons (Fsp3) is 0.360. The zero-order chi connectivity index (χ0) is 26.9. The summed E-state index contributed by atoms with van der Waals surface area (Å²) >= 11 is 6.11. The van der Waals surface area contributed by atoms with Crippen molar-refractivity contribution in [1.82, 2.24) is 14.1 Å². The van der Waals surface area contributed by atoms with E-state index in [-0.39, 0.29) is 36.4 Å². The van der Waals surface area contributed by atoms with Crippen LogP contribution >= 0.6 is 11.6 Å². The first-order valence-corrected chi connectivity index (χ1v) is 14.2. The number of non-ortho nitro benzene ring substituents is 1. The molecular weight excluding hydrogens is 534 g/mol. The Labute approximate surface area is 224 Å². The summed E-state index contributed by atoms with van der Waals surface area (Å²) in [5, 5.41) is 15.7. The summed E-state index contributed by atoms with van der Waals surface area (Å²) in [5.41, 5.74) is 1.04. The van der Waals surface area contributed by atoms with Gasteiger partial charge in [-0.05, 0) is 43.0 Å². The van der Waals surface area contributed by atoms with Gasteiger partial charge in [0, 0.05) is 43.3 Å². The molecule has 0 spiro atoms. The van der Waals surface area contributed by atoms with E-state index in [0.717, 1.165) is 19.3 Å². The van der Waals surface area contributed by atoms with Gasteiger partial charge in [-0.1, -0.05) is 29.8 Å². The summed E-state index contributed by atoms with van der Waals surface area (Å²) in [6, 6.07) is 12.3. The number of ether oxygens (including phenoxy) is 1. The van der Waals surface area contributed by atoms with E-state index in [1.165, 1.54) is 33.3 Å². The minimum absolute atomic E-state index is 0.0416. The fourth-order valence-electron chi connectivity index (χ4n) is 4.44. The van der Waals surface area contributed by atoms with Crippen LogP contribution in [0.1, 0.15) is 24.8 Å². The lowest BCUT2D eigenvalue weighted by atomic mass is 9.96. The van der Waals surface area contributed by atoms with Crippen LogP contribution in [0.25, 0.3) is 5.69 Å². The van der Waals surface area contributed by atoms with Crippen molar-refractivity contribution in [3.8, 4) is 11.4 Å². The molecule has 38 heavy (non-hydrogen) atoms. The van der Waals surface area contributed by atoms with E-state index in [0.29, 0.717) is 35.1 Å². The van der Waals surface area contributed by atoms with E-state index >= 15 is 0 Å². The number of nitrogens with zero attached hydrogens (tertiary/aromatic N) is 5. The minimum Gasteiger partial charge on any atom is -0.483 e. The number of benzene rings is 2. The molecule has 11 nitrogen and oxygen atoms in total. The molecule has 3 aromatic rings. The molecule has 1 saturated heterocycles. The number of sulfonamides is 1. The second-order valence-electron chi connectivity index (χ2n) is 9.29. The summed E-state index contributed by atoms with van der Waals surface area (Å²) in [5.74, 6) is -0.0509. The molecule has 5 rings (SSSR count). The van der Waals surface area contributed by atoms with Crippen LogP contribution in [0, 0.1) is 10.1 Å². The van der Waals surface area contributed by atoms with Crippen molar-refractivity contribution < 1.29 is 18.1 Å². The molecule has 200 valence electrons. The highest BCUT2D eigenvalue weighted by Crippen LogP contribution is 2.31. The molecule has 1 aliphatic carbocycles. The molecule has 2 aliphatic rings. The van der Waals surface area contributed by atoms with E-state index in [4.69, 9.17) is 16.3 Å². The van der Waals surface area contributed by atoms with Crippen molar-refractivity contribution in [3.63, 3.8) is 0 Å². The van der Waals surface area contributed by atoms with Gasteiger partial charge < -0.3 is 9.64 Å². The van der Waals surface area contributed by atoms with Gasteiger partial charge in [-0.3, -0.25) is 14.9 Å². The standard InChI is InChI=1S/C25H26ClN5O6S/c26-19-3-1-4-21(15-19)30-25(32)24(37-22-5-2-6-22)23(16-27-30)28-11-13-29(14-12-28)38(35,36)17-18-7-9-20(10-8-18)31(33)34/h1,3-4,7-10,15-16,22H,2,5-6,11-14,17H2. The fourth-order valence-corrected chi connectivity index (χ4v) is 6.14. The Balaban J connectivity index is 1.34. The molecule has 1 aliphatic heterocycles. The zero-order valence-corrected chi connectivity index (χ0v) is 22.0. The Hall–Kier alpha value is -3.48. The van der Waals surface area contributed by atoms with Crippen molar-refractivity contribution in [2.24, 2.45) is 0 Å². The number of piperazine rings is 1. The van der Waals surface area contributed by atoms with E-state index in [9.17, 15) is 23.3 Å². The van der Waals surface area contributed by atoms with Crippen LogP contribution in [0.5, 0.6) is 5.75 Å². The molecule has 0 atom stereocenters. The number of hydrogen-bond acceptors (Lipinski definition) is 8. The van der Waals surface area contributed by atoms with Gasteiger partial charge in [0.1, 0.15) is 5.69 Å². The number of hydrogen-bond donors (Lipinski definition) is 0. The van der Waals surface area contributed by atoms with Crippen LogP contribution in [0.2, 0.25) is 5.02 Å². The smallest absolute Gasteiger partial charge is 0.316 e. The van der Waals surface area contributed by atoms with Gasteiger partial charge in [0.25, 0.3) is 5.69 Å². The number of nitro groups is 1. The molecule has 13 heteroatoms. The lowest BCUT2D eigenvalue weighted by Crippen LogP contribution is -2.49. The van der Waals surface area contributed by atoms with E-state index < -0.39 is 20.5 Å². The summed E-state index contributed by atoms with van der Waals surface area (Å²) < 4.78 is 34.9. The Bertz CT molecular complexity index is 1500. The Morgan fingerprint density at radius 1 is 1.08 bits per heavy atom. The van der Waals surface area contributed by atoms with E-state index in [1.807, 2.05) is 4.90 Å². The molecule has 1 saturated carbocycles. The highest BCUT2D eigenvalue weighted by molar-refractivity contribution is 7.88. The maximum Gasteiger partial charge on any atom is 0.316 e. The van der Waals surface area contributed by atoms with Crippen LogP contribution in [0.3, 0.4) is 0 Å². The summed E-state index contributed by atoms with van der Waals surface area (Å²) in [6.45, 7) is 1.14. The Kier molecular flexibility index (Phi) is 7.37. The number of aromatic nitrogens is 2. The largest absolute Gasteiger partial charge is 0.483 e. The van der Waals surface area contributed by atoms with Crippen molar-refractivity contribution in [3.05, 3.63) is 85.8 Å². The average molecular weight is 560 g/mol. The van der Waals surface area contributed by atoms with Crippen LogP contribution in [0.15, 0.2) is 59.5 Å². The van der Waals surface area contributed by atoms with Crippen LogP contribution in [0.4, 0.5) is 11.4 Å². The number of nitro benzene ring substituents is 1. The van der Waals surface area contributed by atoms with E-state index in [2.05, 4.69) is 5.10 Å². The molecule has 0 bridgehead atoms. The van der Waals surface area contributed by atoms with Gasteiger partial charge in [-0.15, -0.1) is 0 Å². The van der Waals surface area contributed by atoms with E-state index in [1.54, 1.807) is 30.5 Å². The third kappa shape index (κ3) is 5.52. The minimum atomic E-state index is -3.64. The van der Waals surface area contributed by atoms with Crippen molar-refractivity contribution in [2.75, 3.05) is 31.1 Å². The maximum atomic E-state index is 13.5. The van der Waals surface area contributed by atoms with Crippen LogP contribution in [-0.2, 0) is 15.8 Å². The number of rotatable bonds is 8. The second kappa shape index (κ2) is 10.7. The van der Waals surface area contributed by atoms with Gasteiger partial charge in [-0.2, -0.15) is 14.1 Å². The predicted octanol–water partition coefficient (Wildman–Crippen LogP) is 3.38. The maximum absolute atomic E-state index is 13.5. The monoisotopic (exact) mass is 559 g/mol. The van der Waals surface area contributed by atoms with Crippen LogP contribution in [-0.4, -0.2) is 59.7 Å². The summed E-state index contributed by atoms with van der Waals surface area (Å²) in [6.07, 6.45) is 4.32. The first-order chi connectivity index (χ1) is 18.2. The lowest BCUT2D eigenvalue weighted by molar-refractivity contribution is -0.384. The summed E-state index contributed by atoms with van der Waals surface area (Å²) in [4.78, 5) is 25.7. The zero-order valence-electron chi connectivity index (χ0n) is 20.4. The number of anilines is 1. The van der Waals surface area contributed by atoms with Gasteiger partial charge in [-0.25, -0.2) is 8.42 Å². The van der Waals surface area contributed by atoms with Gasteiger partial charge in [0.05, 0.1) is 28.7 Å². The van der Waals surface area contributed by atoms with Gasteiger partial charge in [0.2, 0.25) is 15.8 Å². The molecular formula is C25H26ClN5O6S. The highest BCUT2D eigenvalue weighted by Gasteiger charge is 2.31. The molecule has 0 radical (unpaired) electrons.